The van der Waals surface area contributed by atoms with Crippen LogP contribution in [0.15, 0.2) is 0 Å². The summed E-state index contributed by atoms with van der Waals surface area (Å²) in [5.74, 6) is 0.731. The summed E-state index contributed by atoms with van der Waals surface area (Å²) in [6.07, 6.45) is 5.16. The Labute approximate surface area is 96.8 Å². The summed E-state index contributed by atoms with van der Waals surface area (Å²) >= 11 is 0. The summed E-state index contributed by atoms with van der Waals surface area (Å²) in [7, 11) is 0. The molecule has 1 aliphatic carbocycles. The van der Waals surface area contributed by atoms with Crippen molar-refractivity contribution in [2.45, 2.75) is 38.1 Å². The van der Waals surface area contributed by atoms with E-state index in [1.165, 1.54) is 0 Å². The molecule has 2 rings (SSSR count). The maximum atomic E-state index is 12.3. The molecule has 0 spiro atoms. The van der Waals surface area contributed by atoms with Crippen LogP contribution in [0.1, 0.15) is 32.1 Å². The lowest BCUT2D eigenvalue weighted by molar-refractivity contribution is -0.138. The van der Waals surface area contributed by atoms with Crippen molar-refractivity contribution in [1.82, 2.24) is 4.90 Å². The molecule has 2 unspecified atom stereocenters. The molecule has 1 aliphatic heterocycles. The molecule has 1 saturated heterocycles. The van der Waals surface area contributed by atoms with Crippen molar-refractivity contribution >= 4 is 5.91 Å². The average Bonchev–Trinajstić information content (AvgIpc) is 2.96. The van der Waals surface area contributed by atoms with Crippen molar-refractivity contribution in [2.24, 2.45) is 17.6 Å². The van der Waals surface area contributed by atoms with Gasteiger partial charge < -0.3 is 15.7 Å². The Morgan fingerprint density at radius 2 is 2.12 bits per heavy atom. The van der Waals surface area contributed by atoms with Gasteiger partial charge in [0, 0.05) is 12.5 Å². The van der Waals surface area contributed by atoms with E-state index in [4.69, 9.17) is 5.73 Å². The molecular formula is C12H22N2O2. The van der Waals surface area contributed by atoms with Crippen LogP contribution in [0.4, 0.5) is 0 Å². The van der Waals surface area contributed by atoms with Gasteiger partial charge in [0.2, 0.25) is 5.91 Å². The van der Waals surface area contributed by atoms with Crippen LogP contribution >= 0.6 is 0 Å². The highest BCUT2D eigenvalue weighted by molar-refractivity contribution is 5.80. The summed E-state index contributed by atoms with van der Waals surface area (Å²) in [5, 5.41) is 9.23. The summed E-state index contributed by atoms with van der Waals surface area (Å²) in [6.45, 7) is 1.54. The highest BCUT2D eigenvalue weighted by Gasteiger charge is 2.38. The quantitative estimate of drug-likeness (QED) is 0.729. The Balaban J connectivity index is 2.00. The lowest BCUT2D eigenvalue weighted by Crippen LogP contribution is -2.43. The fourth-order valence-corrected chi connectivity index (χ4v) is 3.17. The van der Waals surface area contributed by atoms with Crippen LogP contribution in [-0.2, 0) is 4.79 Å². The summed E-state index contributed by atoms with van der Waals surface area (Å²) in [6, 6.07) is 0.0616. The second-order valence-corrected chi connectivity index (χ2v) is 5.04. The topological polar surface area (TPSA) is 66.6 Å². The average molecular weight is 226 g/mol. The molecule has 0 bridgehead atoms. The van der Waals surface area contributed by atoms with Gasteiger partial charge in [0.05, 0.1) is 12.6 Å². The maximum Gasteiger partial charge on any atom is 0.226 e. The van der Waals surface area contributed by atoms with E-state index in [-0.39, 0.29) is 24.5 Å². The Kier molecular flexibility index (Phi) is 3.82. The number of aliphatic hydroxyl groups excluding tert-OH is 1. The van der Waals surface area contributed by atoms with Gasteiger partial charge in [0.25, 0.3) is 0 Å². The van der Waals surface area contributed by atoms with Crippen molar-refractivity contribution in [2.75, 3.05) is 19.7 Å². The predicted octanol–water partition coefficient (Wildman–Crippen LogP) is 0.345. The zero-order chi connectivity index (χ0) is 11.5. The number of carbonyl (C=O) groups excluding carboxylic acids is 1. The molecular weight excluding hydrogens is 204 g/mol. The minimum atomic E-state index is 0.0616. The zero-order valence-corrected chi connectivity index (χ0v) is 9.77. The van der Waals surface area contributed by atoms with Gasteiger partial charge in [-0.1, -0.05) is 6.42 Å². The molecule has 16 heavy (non-hydrogen) atoms. The van der Waals surface area contributed by atoms with Crippen LogP contribution in [0.3, 0.4) is 0 Å². The third-order valence-corrected chi connectivity index (χ3v) is 4.15. The van der Waals surface area contributed by atoms with Crippen LogP contribution < -0.4 is 5.73 Å². The van der Waals surface area contributed by atoms with Gasteiger partial charge in [0.15, 0.2) is 0 Å². The molecule has 2 fully saturated rings. The first-order valence-corrected chi connectivity index (χ1v) is 6.39. The Hall–Kier alpha value is -0.610. The van der Waals surface area contributed by atoms with Crippen LogP contribution in [0, 0.1) is 11.8 Å². The maximum absolute atomic E-state index is 12.3. The largest absolute Gasteiger partial charge is 0.394 e. The second-order valence-electron chi connectivity index (χ2n) is 5.04. The van der Waals surface area contributed by atoms with E-state index < -0.39 is 0 Å². The molecule has 92 valence electrons. The standard InChI is InChI=1S/C12H22N2O2/c13-7-9-3-1-5-11(9)12(16)14-6-2-4-10(14)8-15/h9-11,15H,1-8,13H2/t9?,10-,11?/m1/s1. The Bertz CT molecular complexity index is 233. The van der Waals surface area contributed by atoms with Crippen LogP contribution in [0.5, 0.6) is 0 Å². The Morgan fingerprint density at radius 3 is 2.81 bits per heavy atom. The van der Waals surface area contributed by atoms with Gasteiger partial charge in [-0.05, 0) is 38.1 Å². The number of amides is 1. The first kappa shape index (κ1) is 11.9. The monoisotopic (exact) mass is 226 g/mol. The van der Waals surface area contributed by atoms with Gasteiger partial charge >= 0.3 is 0 Å². The van der Waals surface area contributed by atoms with Crippen molar-refractivity contribution in [1.29, 1.82) is 0 Å². The lowest BCUT2D eigenvalue weighted by atomic mass is 9.94. The molecule has 4 nitrogen and oxygen atoms in total. The highest BCUT2D eigenvalue weighted by atomic mass is 16.3. The number of likely N-dealkylation sites (tertiary alicyclic amines) is 1. The van der Waals surface area contributed by atoms with E-state index in [1.54, 1.807) is 0 Å². The fourth-order valence-electron chi connectivity index (χ4n) is 3.17. The van der Waals surface area contributed by atoms with Gasteiger partial charge in [0.1, 0.15) is 0 Å². The molecule has 3 atom stereocenters. The van der Waals surface area contributed by atoms with Gasteiger partial charge in [-0.2, -0.15) is 0 Å². The summed E-state index contributed by atoms with van der Waals surface area (Å²) < 4.78 is 0. The van der Waals surface area contributed by atoms with E-state index in [0.717, 1.165) is 38.6 Å². The molecule has 2 aliphatic rings. The van der Waals surface area contributed by atoms with Crippen molar-refractivity contribution in [3.05, 3.63) is 0 Å². The minimum Gasteiger partial charge on any atom is -0.394 e. The summed E-state index contributed by atoms with van der Waals surface area (Å²) in [5.41, 5.74) is 5.71. The number of hydrogen-bond acceptors (Lipinski definition) is 3. The molecule has 4 heteroatoms. The van der Waals surface area contributed by atoms with E-state index in [2.05, 4.69) is 0 Å². The lowest BCUT2D eigenvalue weighted by Gasteiger charge is -2.28. The van der Waals surface area contributed by atoms with Crippen molar-refractivity contribution in [3.8, 4) is 0 Å². The first-order chi connectivity index (χ1) is 7.77. The first-order valence-electron chi connectivity index (χ1n) is 6.39. The Morgan fingerprint density at radius 1 is 1.31 bits per heavy atom. The van der Waals surface area contributed by atoms with Gasteiger partial charge in [-0.25, -0.2) is 0 Å². The smallest absolute Gasteiger partial charge is 0.226 e. The molecule has 1 amide bonds. The third kappa shape index (κ3) is 2.09. The van der Waals surface area contributed by atoms with Crippen LogP contribution in [0.25, 0.3) is 0 Å². The number of aliphatic hydroxyl groups is 1. The molecule has 0 aromatic heterocycles. The van der Waals surface area contributed by atoms with Crippen LogP contribution in [-0.4, -0.2) is 41.7 Å². The number of nitrogens with two attached hydrogens (primary N) is 1. The fraction of sp³-hybridized carbons (Fsp3) is 0.917. The van der Waals surface area contributed by atoms with Gasteiger partial charge in [-0.3, -0.25) is 4.79 Å². The molecule has 0 aromatic rings. The third-order valence-electron chi connectivity index (χ3n) is 4.15. The number of hydrogen-bond donors (Lipinski definition) is 2. The second kappa shape index (κ2) is 5.15. The number of rotatable bonds is 3. The molecule has 0 radical (unpaired) electrons. The van der Waals surface area contributed by atoms with Crippen molar-refractivity contribution in [3.63, 3.8) is 0 Å². The van der Waals surface area contributed by atoms with E-state index in [1.807, 2.05) is 4.90 Å². The SMILES string of the molecule is NCC1CCCC1C(=O)N1CCC[C@@H]1CO. The van der Waals surface area contributed by atoms with E-state index in [9.17, 15) is 9.90 Å². The highest BCUT2D eigenvalue weighted by Crippen LogP contribution is 2.34. The number of carbonyl (C=O) groups is 1. The normalized spacial score (nSPS) is 34.6. The zero-order valence-electron chi connectivity index (χ0n) is 9.77. The van der Waals surface area contributed by atoms with Gasteiger partial charge in [-0.15, -0.1) is 0 Å². The predicted molar refractivity (Wildman–Crippen MR) is 61.7 cm³/mol. The van der Waals surface area contributed by atoms with E-state index >= 15 is 0 Å². The molecule has 1 saturated carbocycles. The summed E-state index contributed by atoms with van der Waals surface area (Å²) in [4.78, 5) is 14.2. The minimum absolute atomic E-state index is 0.0616. The molecule has 1 heterocycles. The molecule has 3 N–H and O–H groups in total. The molecule has 0 aromatic carbocycles. The number of nitrogens with zero attached hydrogens (tertiary/aromatic N) is 1. The van der Waals surface area contributed by atoms with Crippen LogP contribution in [0.2, 0.25) is 0 Å². The van der Waals surface area contributed by atoms with Crippen molar-refractivity contribution < 1.29 is 9.90 Å². The van der Waals surface area contributed by atoms with E-state index in [0.29, 0.717) is 12.5 Å².